The quantitative estimate of drug-likeness (QED) is 0.624. The third-order valence-electron chi connectivity index (χ3n) is 1.89. The van der Waals surface area contributed by atoms with Crippen molar-refractivity contribution in [2.45, 2.75) is 54.4 Å². The summed E-state index contributed by atoms with van der Waals surface area (Å²) in [7, 11) is 0. The normalized spacial score (nSPS) is 13.6. The van der Waals surface area contributed by atoms with Crippen LogP contribution in [0.3, 0.4) is 0 Å². The zero-order chi connectivity index (χ0) is 11.4. The predicted molar refractivity (Wildman–Crippen MR) is 62.3 cm³/mol. The molecule has 0 unspecified atom stereocenters. The van der Waals surface area contributed by atoms with Crippen LogP contribution in [0, 0.1) is 10.8 Å². The van der Waals surface area contributed by atoms with Crippen LogP contribution in [0.5, 0.6) is 0 Å². The van der Waals surface area contributed by atoms with Crippen molar-refractivity contribution in [2.75, 3.05) is 0 Å². The minimum atomic E-state index is 0.109. The van der Waals surface area contributed by atoms with Crippen LogP contribution in [0.15, 0.2) is 12.2 Å². The van der Waals surface area contributed by atoms with Crippen LogP contribution in [0.2, 0.25) is 0 Å². The first-order chi connectivity index (χ1) is 6.10. The maximum atomic E-state index is 11.4. The minimum Gasteiger partial charge on any atom is -0.295 e. The van der Waals surface area contributed by atoms with Gasteiger partial charge >= 0.3 is 0 Å². The van der Waals surface area contributed by atoms with Crippen molar-refractivity contribution in [3.8, 4) is 0 Å². The molecule has 0 aromatic rings. The molecule has 1 nitrogen and oxygen atoms in total. The van der Waals surface area contributed by atoms with Crippen LogP contribution in [0.25, 0.3) is 0 Å². The van der Waals surface area contributed by atoms with Crippen LogP contribution in [-0.4, -0.2) is 5.78 Å². The number of carbonyl (C=O) groups excluding carboxylic acids is 1. The second kappa shape index (κ2) is 4.77. The van der Waals surface area contributed by atoms with Gasteiger partial charge in [-0.2, -0.15) is 0 Å². The van der Waals surface area contributed by atoms with Gasteiger partial charge in [0.1, 0.15) is 0 Å². The Morgan fingerprint density at radius 3 is 1.93 bits per heavy atom. The van der Waals surface area contributed by atoms with Gasteiger partial charge in [-0.15, -0.1) is 0 Å². The molecule has 0 amide bonds. The van der Waals surface area contributed by atoms with Gasteiger partial charge in [0, 0.05) is 6.42 Å². The molecule has 0 rings (SSSR count). The highest BCUT2D eigenvalue weighted by atomic mass is 16.1. The Morgan fingerprint density at radius 1 is 1.07 bits per heavy atom. The third kappa shape index (κ3) is 9.50. The lowest BCUT2D eigenvalue weighted by Gasteiger charge is -2.16. The molecule has 0 bridgehead atoms. The van der Waals surface area contributed by atoms with E-state index in [0.717, 1.165) is 6.42 Å². The molecule has 14 heavy (non-hydrogen) atoms. The fourth-order valence-electron chi connectivity index (χ4n) is 0.924. The zero-order valence-electron chi connectivity index (χ0n) is 10.5. The molecule has 0 spiro atoms. The van der Waals surface area contributed by atoms with E-state index in [2.05, 4.69) is 41.5 Å². The number of ketones is 1. The number of carbonyl (C=O) groups is 1. The Bertz CT molecular complexity index is 210. The fraction of sp³-hybridized carbons (Fsp3) is 0.769. The van der Waals surface area contributed by atoms with Crippen molar-refractivity contribution < 1.29 is 4.79 Å². The van der Waals surface area contributed by atoms with Gasteiger partial charge in [-0.25, -0.2) is 0 Å². The van der Waals surface area contributed by atoms with E-state index in [4.69, 9.17) is 0 Å². The number of hydrogen-bond acceptors (Lipinski definition) is 1. The van der Waals surface area contributed by atoms with Crippen LogP contribution in [0.1, 0.15) is 54.4 Å². The molecule has 0 saturated carbocycles. The van der Waals surface area contributed by atoms with E-state index < -0.39 is 0 Å². The van der Waals surface area contributed by atoms with Crippen LogP contribution in [0.4, 0.5) is 0 Å². The highest BCUT2D eigenvalue weighted by Crippen LogP contribution is 2.21. The summed E-state index contributed by atoms with van der Waals surface area (Å²) in [6.07, 6.45) is 5.33. The van der Waals surface area contributed by atoms with Crippen LogP contribution < -0.4 is 0 Å². The van der Waals surface area contributed by atoms with Gasteiger partial charge in [-0.05, 0) is 23.3 Å². The number of rotatable bonds is 3. The summed E-state index contributed by atoms with van der Waals surface area (Å²) in [5.74, 6) is 0.245. The van der Waals surface area contributed by atoms with Gasteiger partial charge in [0.05, 0.1) is 0 Å². The largest absolute Gasteiger partial charge is 0.295 e. The first-order valence-corrected chi connectivity index (χ1v) is 5.32. The molecule has 0 aliphatic heterocycles. The van der Waals surface area contributed by atoms with Gasteiger partial charge < -0.3 is 0 Å². The van der Waals surface area contributed by atoms with Gasteiger partial charge in [0.2, 0.25) is 0 Å². The fourth-order valence-corrected chi connectivity index (χ4v) is 0.924. The second-order valence-electron chi connectivity index (χ2n) is 6.23. The van der Waals surface area contributed by atoms with Gasteiger partial charge in [0.15, 0.2) is 5.78 Å². The topological polar surface area (TPSA) is 17.1 Å². The molecule has 0 atom stereocenters. The molecule has 0 aliphatic rings. The highest BCUT2D eigenvalue weighted by molar-refractivity contribution is 5.89. The summed E-state index contributed by atoms with van der Waals surface area (Å²) in [6, 6.07) is 0. The van der Waals surface area contributed by atoms with E-state index in [1.54, 1.807) is 6.08 Å². The SMILES string of the molecule is CC(C)(C)/C=C\C(=O)CCC(C)(C)C. The van der Waals surface area contributed by atoms with E-state index in [1.165, 1.54) is 0 Å². The zero-order valence-corrected chi connectivity index (χ0v) is 10.5. The molecule has 1 heteroatoms. The Kier molecular flexibility index (Phi) is 4.57. The minimum absolute atomic E-state index is 0.109. The maximum Gasteiger partial charge on any atom is 0.155 e. The smallest absolute Gasteiger partial charge is 0.155 e. The Morgan fingerprint density at radius 2 is 1.57 bits per heavy atom. The molecule has 0 aliphatic carbocycles. The summed E-state index contributed by atoms with van der Waals surface area (Å²) in [4.78, 5) is 11.4. The van der Waals surface area contributed by atoms with Crippen molar-refractivity contribution in [2.24, 2.45) is 10.8 Å². The predicted octanol–water partition coefficient (Wildman–Crippen LogP) is 3.98. The average molecular weight is 196 g/mol. The van der Waals surface area contributed by atoms with E-state index in [-0.39, 0.29) is 16.6 Å². The second-order valence-corrected chi connectivity index (χ2v) is 6.23. The van der Waals surface area contributed by atoms with Crippen molar-refractivity contribution >= 4 is 5.78 Å². The number of allylic oxidation sites excluding steroid dienone is 2. The van der Waals surface area contributed by atoms with Crippen LogP contribution >= 0.6 is 0 Å². The monoisotopic (exact) mass is 196 g/mol. The molecular weight excluding hydrogens is 172 g/mol. The summed E-state index contributed by atoms with van der Waals surface area (Å²) in [5.41, 5.74) is 0.364. The lowest BCUT2D eigenvalue weighted by molar-refractivity contribution is -0.115. The molecule has 0 aromatic carbocycles. The lowest BCUT2D eigenvalue weighted by Crippen LogP contribution is -2.08. The molecular formula is C13H24O. The summed E-state index contributed by atoms with van der Waals surface area (Å²) >= 11 is 0. The van der Waals surface area contributed by atoms with E-state index >= 15 is 0 Å². The summed E-state index contributed by atoms with van der Waals surface area (Å²) in [6.45, 7) is 12.8. The average Bonchev–Trinajstić information content (AvgIpc) is 1.94. The molecule has 0 aromatic heterocycles. The standard InChI is InChI=1S/C13H24O/c1-12(2,3)9-7-11(14)8-10-13(4,5)6/h7,9H,8,10H2,1-6H3/b9-7-. The molecule has 0 saturated heterocycles. The molecule has 0 fully saturated rings. The lowest BCUT2D eigenvalue weighted by atomic mass is 9.89. The van der Waals surface area contributed by atoms with Crippen LogP contribution in [-0.2, 0) is 4.79 Å². The highest BCUT2D eigenvalue weighted by Gasteiger charge is 2.12. The summed E-state index contributed by atoms with van der Waals surface area (Å²) < 4.78 is 0. The van der Waals surface area contributed by atoms with Gasteiger partial charge in [0.25, 0.3) is 0 Å². The van der Waals surface area contributed by atoms with Gasteiger partial charge in [-0.1, -0.05) is 47.6 Å². The van der Waals surface area contributed by atoms with E-state index in [1.807, 2.05) is 6.08 Å². The molecule has 0 heterocycles. The van der Waals surface area contributed by atoms with Gasteiger partial charge in [-0.3, -0.25) is 4.79 Å². The Balaban J connectivity index is 3.95. The molecule has 0 N–H and O–H groups in total. The summed E-state index contributed by atoms with van der Waals surface area (Å²) in [5, 5.41) is 0. The van der Waals surface area contributed by atoms with E-state index in [9.17, 15) is 4.79 Å². The van der Waals surface area contributed by atoms with E-state index in [0.29, 0.717) is 6.42 Å². The van der Waals surface area contributed by atoms with Crippen molar-refractivity contribution in [3.05, 3.63) is 12.2 Å². The maximum absolute atomic E-state index is 11.4. The van der Waals surface area contributed by atoms with Crippen molar-refractivity contribution in [3.63, 3.8) is 0 Å². The number of hydrogen-bond donors (Lipinski definition) is 0. The molecule has 0 radical (unpaired) electrons. The molecule has 82 valence electrons. The Hall–Kier alpha value is -0.590. The first kappa shape index (κ1) is 13.4. The first-order valence-electron chi connectivity index (χ1n) is 5.32. The third-order valence-corrected chi connectivity index (χ3v) is 1.89. The Labute approximate surface area is 88.6 Å². The van der Waals surface area contributed by atoms with Crippen molar-refractivity contribution in [1.82, 2.24) is 0 Å². The van der Waals surface area contributed by atoms with Crippen molar-refractivity contribution in [1.29, 1.82) is 0 Å².